The van der Waals surface area contributed by atoms with Crippen LogP contribution in [0, 0.1) is 0 Å². The molecule has 2 aliphatic heterocycles. The fraction of sp³-hybridized carbons (Fsp3) is 0.0435. The second-order valence-electron chi connectivity index (χ2n) is 20.0. The molecule has 0 saturated heterocycles. The van der Waals surface area contributed by atoms with E-state index in [1.807, 2.05) is 23.5 Å². The Bertz CT molecular complexity index is 4180. The highest BCUT2D eigenvalue weighted by Gasteiger charge is 2.36. The minimum absolute atomic E-state index is 0.169. The summed E-state index contributed by atoms with van der Waals surface area (Å²) in [6, 6.07) is 90.9. The van der Waals surface area contributed by atoms with Gasteiger partial charge in [-0.25, -0.2) is 0 Å². The molecule has 0 unspecified atom stereocenters. The van der Waals surface area contributed by atoms with E-state index in [1.54, 1.807) is 0 Å². The molecule has 73 heavy (non-hydrogen) atoms. The first-order chi connectivity index (χ1) is 36.0. The molecule has 0 bridgehead atoms. The molecule has 0 spiro atoms. The van der Waals surface area contributed by atoms with Gasteiger partial charge in [0, 0.05) is 36.4 Å². The lowest BCUT2D eigenvalue weighted by atomic mass is 9.80. The number of hydrogen-bond acceptors (Lipinski definition) is 4. The van der Waals surface area contributed by atoms with Gasteiger partial charge in [-0.2, -0.15) is 0 Å². The third kappa shape index (κ3) is 6.47. The van der Waals surface area contributed by atoms with E-state index in [1.165, 1.54) is 130 Å². The molecule has 0 atom stereocenters. The van der Waals surface area contributed by atoms with Crippen molar-refractivity contribution in [3.63, 3.8) is 0 Å². The lowest BCUT2D eigenvalue weighted by Crippen LogP contribution is -2.15. The fourth-order valence-corrected chi connectivity index (χ4v) is 14.4. The van der Waals surface area contributed by atoms with Crippen LogP contribution < -0.4 is 9.80 Å². The Balaban J connectivity index is 1.08. The van der Waals surface area contributed by atoms with Crippen LogP contribution in [0.4, 0.5) is 34.1 Å². The average molecular weight is 967 g/mol. The number of nitrogens with zero attached hydrogens (tertiary/aromatic N) is 2. The maximum Gasteiger partial charge on any atom is 0.0601 e. The number of anilines is 6. The van der Waals surface area contributed by atoms with Crippen molar-refractivity contribution < 1.29 is 0 Å². The molecule has 0 saturated carbocycles. The van der Waals surface area contributed by atoms with Crippen LogP contribution in [-0.2, 0) is 5.41 Å². The molecule has 0 amide bonds. The molecule has 15 rings (SSSR count). The van der Waals surface area contributed by atoms with Gasteiger partial charge in [-0.15, -0.1) is 0 Å². The SMILES string of the molecule is CC1(C)c2ccccc2-c2ccc(-c3c4cc(N5c6ccccc6Sc6ccccc65)ccc4c(-c4ccc(-c5ccccc5)c5ccccc45)c4cc(N5c6ccccc6Sc6ccccc65)ccc34)cc21. The molecular weight excluding hydrogens is 921 g/mol. The van der Waals surface area contributed by atoms with E-state index in [-0.39, 0.29) is 5.41 Å². The van der Waals surface area contributed by atoms with E-state index in [9.17, 15) is 0 Å². The first-order valence-electron chi connectivity index (χ1n) is 25.2. The third-order valence-corrected chi connectivity index (χ3v) is 17.9. The Morgan fingerprint density at radius 2 is 0.726 bits per heavy atom. The van der Waals surface area contributed by atoms with Crippen LogP contribution in [0.2, 0.25) is 0 Å². The number of fused-ring (bicyclic) bond motifs is 10. The van der Waals surface area contributed by atoms with Crippen LogP contribution in [0.25, 0.3) is 76.8 Å². The van der Waals surface area contributed by atoms with Crippen molar-refractivity contribution in [1.82, 2.24) is 0 Å². The van der Waals surface area contributed by atoms with Gasteiger partial charge >= 0.3 is 0 Å². The second kappa shape index (κ2) is 16.4. The van der Waals surface area contributed by atoms with Gasteiger partial charge in [0.25, 0.3) is 0 Å². The van der Waals surface area contributed by atoms with E-state index >= 15 is 0 Å². The Kier molecular flexibility index (Phi) is 9.51. The fourth-order valence-electron chi connectivity index (χ4n) is 12.3. The zero-order valence-corrected chi connectivity index (χ0v) is 41.9. The van der Waals surface area contributed by atoms with Crippen LogP contribution in [0.5, 0.6) is 0 Å². The Labute approximate surface area is 434 Å². The number of para-hydroxylation sites is 4. The summed E-state index contributed by atoms with van der Waals surface area (Å²) in [5.41, 5.74) is 19.6. The lowest BCUT2D eigenvalue weighted by Gasteiger charge is -2.34. The second-order valence-corrected chi connectivity index (χ2v) is 22.1. The number of rotatable bonds is 5. The Morgan fingerprint density at radius 1 is 0.288 bits per heavy atom. The third-order valence-electron chi connectivity index (χ3n) is 15.6. The normalized spacial score (nSPS) is 13.8. The summed E-state index contributed by atoms with van der Waals surface area (Å²) in [6.07, 6.45) is 0. The van der Waals surface area contributed by atoms with E-state index in [4.69, 9.17) is 0 Å². The van der Waals surface area contributed by atoms with Crippen molar-refractivity contribution >= 4 is 90.0 Å². The van der Waals surface area contributed by atoms with E-state index in [0.29, 0.717) is 0 Å². The van der Waals surface area contributed by atoms with Crippen LogP contribution in [0.15, 0.2) is 262 Å². The van der Waals surface area contributed by atoms with Gasteiger partial charge in [0.2, 0.25) is 0 Å². The summed E-state index contributed by atoms with van der Waals surface area (Å²) in [5.74, 6) is 0. The minimum Gasteiger partial charge on any atom is -0.308 e. The first kappa shape index (κ1) is 42.4. The maximum absolute atomic E-state index is 2.52. The Hall–Kier alpha value is -8.28. The molecule has 2 nitrogen and oxygen atoms in total. The molecular formula is C69H46N2S2. The van der Waals surface area contributed by atoms with Crippen molar-refractivity contribution in [2.24, 2.45) is 0 Å². The van der Waals surface area contributed by atoms with Gasteiger partial charge in [-0.05, 0) is 167 Å². The lowest BCUT2D eigenvalue weighted by molar-refractivity contribution is 0.660. The van der Waals surface area contributed by atoms with Gasteiger partial charge in [0.1, 0.15) is 0 Å². The molecule has 0 fully saturated rings. The largest absolute Gasteiger partial charge is 0.308 e. The van der Waals surface area contributed by atoms with Crippen molar-refractivity contribution in [3.8, 4) is 44.5 Å². The number of benzene rings is 12. The van der Waals surface area contributed by atoms with Crippen LogP contribution >= 0.6 is 23.5 Å². The summed E-state index contributed by atoms with van der Waals surface area (Å²) in [7, 11) is 0. The van der Waals surface area contributed by atoms with Gasteiger partial charge in [-0.1, -0.05) is 201 Å². The van der Waals surface area contributed by atoms with Crippen LogP contribution in [-0.4, -0.2) is 0 Å². The van der Waals surface area contributed by atoms with Gasteiger partial charge < -0.3 is 9.80 Å². The molecule has 12 aromatic rings. The van der Waals surface area contributed by atoms with Crippen molar-refractivity contribution in [2.45, 2.75) is 38.8 Å². The monoisotopic (exact) mass is 966 g/mol. The van der Waals surface area contributed by atoms with Crippen molar-refractivity contribution in [3.05, 3.63) is 254 Å². The smallest absolute Gasteiger partial charge is 0.0601 e. The summed E-state index contributed by atoms with van der Waals surface area (Å²) < 4.78 is 0. The van der Waals surface area contributed by atoms with Crippen molar-refractivity contribution in [2.75, 3.05) is 9.80 Å². The van der Waals surface area contributed by atoms with E-state index < -0.39 is 0 Å². The van der Waals surface area contributed by atoms with Crippen molar-refractivity contribution in [1.29, 1.82) is 0 Å². The average Bonchev–Trinajstić information content (AvgIpc) is 3.67. The highest BCUT2D eigenvalue weighted by atomic mass is 32.2. The molecule has 344 valence electrons. The predicted octanol–water partition coefficient (Wildman–Crippen LogP) is 20.3. The summed E-state index contributed by atoms with van der Waals surface area (Å²) in [4.78, 5) is 9.95. The number of hydrogen-bond donors (Lipinski definition) is 0. The quantitative estimate of drug-likeness (QED) is 0.159. The molecule has 0 aromatic heterocycles. The summed E-state index contributed by atoms with van der Waals surface area (Å²) in [6.45, 7) is 4.79. The summed E-state index contributed by atoms with van der Waals surface area (Å²) in [5, 5.41) is 7.33. The molecule has 3 aliphatic rings. The molecule has 12 aromatic carbocycles. The Morgan fingerprint density at radius 3 is 1.32 bits per heavy atom. The molecule has 0 radical (unpaired) electrons. The highest BCUT2D eigenvalue weighted by molar-refractivity contribution is 8.00. The van der Waals surface area contributed by atoms with E-state index in [0.717, 1.165) is 11.4 Å². The molecule has 2 heterocycles. The summed E-state index contributed by atoms with van der Waals surface area (Å²) >= 11 is 3.70. The molecule has 1 aliphatic carbocycles. The standard InChI is InChI=1S/C69H46N2S2/c1-69(2)57-23-9-8-22-50(57)51-35-32-44(40-58(51)69)67-53-36-33-46(71-61-26-12-16-30-65(61)73-66-31-17-13-27-62(66)71)42-56(53)68(52-39-38-47(43-18-4-3-5-19-43)48-20-6-7-21-49(48)52)54-37-34-45(41-55(54)67)70-59-24-10-14-28-63(59)72-64-29-15-11-25-60(64)70/h3-42H,1-2H3. The zero-order chi connectivity index (χ0) is 48.4. The van der Waals surface area contributed by atoms with E-state index in [2.05, 4.69) is 266 Å². The van der Waals surface area contributed by atoms with Gasteiger partial charge in [-0.3, -0.25) is 0 Å². The van der Waals surface area contributed by atoms with Crippen LogP contribution in [0.1, 0.15) is 25.0 Å². The minimum atomic E-state index is -0.169. The first-order valence-corrected chi connectivity index (χ1v) is 26.8. The highest BCUT2D eigenvalue weighted by Crippen LogP contribution is 2.57. The van der Waals surface area contributed by atoms with Gasteiger partial charge in [0.15, 0.2) is 0 Å². The predicted molar refractivity (Wildman–Crippen MR) is 310 cm³/mol. The molecule has 0 N–H and O–H groups in total. The van der Waals surface area contributed by atoms with Gasteiger partial charge in [0.05, 0.1) is 22.7 Å². The molecule has 4 heteroatoms. The maximum atomic E-state index is 2.52. The topological polar surface area (TPSA) is 6.48 Å². The zero-order valence-electron chi connectivity index (χ0n) is 40.3. The van der Waals surface area contributed by atoms with Crippen LogP contribution in [0.3, 0.4) is 0 Å².